The number of hydrogen-bond donors (Lipinski definition) is 2. The van der Waals surface area contributed by atoms with E-state index >= 15 is 0 Å². The highest BCUT2D eigenvalue weighted by Crippen LogP contribution is 1.93. The van der Waals surface area contributed by atoms with E-state index in [0.29, 0.717) is 0 Å². The number of nitrogens with one attached hydrogen (secondary N) is 2. The fraction of sp³-hybridized carbons (Fsp3) is 0.643. The number of ether oxygens (including phenoxy) is 1. The Morgan fingerprint density at radius 1 is 1.10 bits per heavy atom. The summed E-state index contributed by atoms with van der Waals surface area (Å²) >= 11 is 0. The Labute approximate surface area is 139 Å². The lowest BCUT2D eigenvalue weighted by Crippen LogP contribution is -2.39. The Balaban J connectivity index is 0.00000361. The number of hydrogen-bond acceptors (Lipinski definition) is 2. The van der Waals surface area contributed by atoms with E-state index in [1.54, 1.807) is 14.2 Å². The van der Waals surface area contributed by atoms with Gasteiger partial charge < -0.3 is 19.9 Å². The number of nitrogens with zero attached hydrogens (tertiary/aromatic N) is 2. The summed E-state index contributed by atoms with van der Waals surface area (Å²) in [5.41, 5.74) is 0. The van der Waals surface area contributed by atoms with Crippen molar-refractivity contribution in [1.82, 2.24) is 15.2 Å². The van der Waals surface area contributed by atoms with Crippen molar-refractivity contribution in [3.63, 3.8) is 0 Å². The molecule has 2 N–H and O–H groups in total. The van der Waals surface area contributed by atoms with Crippen LogP contribution in [0.15, 0.2) is 29.5 Å². The van der Waals surface area contributed by atoms with Gasteiger partial charge in [-0.3, -0.25) is 4.99 Å². The molecule has 0 saturated carbocycles. The minimum absolute atomic E-state index is 0. The molecule has 6 heteroatoms. The number of rotatable bonds is 9. The summed E-state index contributed by atoms with van der Waals surface area (Å²) in [6, 6.07) is 4.07. The highest BCUT2D eigenvalue weighted by atomic mass is 127. The predicted molar refractivity (Wildman–Crippen MR) is 94.9 cm³/mol. The van der Waals surface area contributed by atoms with Gasteiger partial charge in [0.2, 0.25) is 0 Å². The van der Waals surface area contributed by atoms with Crippen LogP contribution in [0.2, 0.25) is 0 Å². The van der Waals surface area contributed by atoms with Crippen molar-refractivity contribution >= 4 is 29.9 Å². The zero-order valence-electron chi connectivity index (χ0n) is 12.5. The molecule has 0 atom stereocenters. The summed E-state index contributed by atoms with van der Waals surface area (Å²) in [5.74, 6) is 0.874. The summed E-state index contributed by atoms with van der Waals surface area (Å²) in [6.45, 7) is 3.62. The van der Waals surface area contributed by atoms with Crippen molar-refractivity contribution in [2.45, 2.75) is 25.8 Å². The molecular formula is C14H27IN4O. The molecule has 0 amide bonds. The highest BCUT2D eigenvalue weighted by Gasteiger charge is 1.96. The summed E-state index contributed by atoms with van der Waals surface area (Å²) in [5, 5.41) is 6.62. The first-order chi connectivity index (χ1) is 9.36. The van der Waals surface area contributed by atoms with Gasteiger partial charge in [-0.1, -0.05) is 0 Å². The topological polar surface area (TPSA) is 50.6 Å². The van der Waals surface area contributed by atoms with Crippen molar-refractivity contribution in [1.29, 1.82) is 0 Å². The van der Waals surface area contributed by atoms with Gasteiger partial charge in [0.05, 0.1) is 0 Å². The number of guanidine groups is 1. The number of methoxy groups -OCH3 is 1. The van der Waals surface area contributed by atoms with E-state index in [1.807, 2.05) is 12.1 Å². The van der Waals surface area contributed by atoms with Crippen LogP contribution in [0.5, 0.6) is 0 Å². The Morgan fingerprint density at radius 2 is 1.80 bits per heavy atom. The Morgan fingerprint density at radius 3 is 2.45 bits per heavy atom. The van der Waals surface area contributed by atoms with E-state index in [1.165, 1.54) is 6.42 Å². The molecule has 5 nitrogen and oxygen atoms in total. The normalized spacial score (nSPS) is 11.0. The first-order valence-corrected chi connectivity index (χ1v) is 6.91. The molecule has 0 spiro atoms. The van der Waals surface area contributed by atoms with Crippen LogP contribution in [0, 0.1) is 0 Å². The molecule has 0 saturated heterocycles. The second-order valence-corrected chi connectivity index (χ2v) is 4.40. The predicted octanol–water partition coefficient (Wildman–Crippen LogP) is 2.09. The zero-order valence-corrected chi connectivity index (χ0v) is 14.8. The lowest BCUT2D eigenvalue weighted by atomic mass is 10.2. The van der Waals surface area contributed by atoms with E-state index in [-0.39, 0.29) is 24.0 Å². The second kappa shape index (κ2) is 13.2. The van der Waals surface area contributed by atoms with Gasteiger partial charge in [0.1, 0.15) is 0 Å². The van der Waals surface area contributed by atoms with Gasteiger partial charge in [0.25, 0.3) is 0 Å². The number of aromatic nitrogens is 1. The molecule has 116 valence electrons. The smallest absolute Gasteiger partial charge is 0.191 e. The van der Waals surface area contributed by atoms with E-state index in [2.05, 4.69) is 32.6 Å². The summed E-state index contributed by atoms with van der Waals surface area (Å²) < 4.78 is 7.16. The molecule has 0 fully saturated rings. The van der Waals surface area contributed by atoms with Crippen molar-refractivity contribution in [2.24, 2.45) is 4.99 Å². The Bertz CT molecular complexity index is 341. The molecule has 1 heterocycles. The highest BCUT2D eigenvalue weighted by molar-refractivity contribution is 14.0. The van der Waals surface area contributed by atoms with Crippen molar-refractivity contribution in [3.05, 3.63) is 24.5 Å². The fourth-order valence-electron chi connectivity index (χ4n) is 1.80. The van der Waals surface area contributed by atoms with Gasteiger partial charge in [0.15, 0.2) is 5.96 Å². The van der Waals surface area contributed by atoms with E-state index in [4.69, 9.17) is 4.74 Å². The second-order valence-electron chi connectivity index (χ2n) is 4.40. The summed E-state index contributed by atoms with van der Waals surface area (Å²) in [7, 11) is 3.55. The fourth-order valence-corrected chi connectivity index (χ4v) is 1.80. The number of halogens is 1. The third-order valence-corrected chi connectivity index (χ3v) is 2.87. The van der Waals surface area contributed by atoms with Crippen LogP contribution >= 0.6 is 24.0 Å². The molecule has 0 aromatic carbocycles. The standard InChI is InChI=1S/C14H26N4O.HI/c1-15-14(16-8-4-3-7-13-19-2)17-9-12-18-10-5-6-11-18;/h5-6,10-11H,3-4,7-9,12-13H2,1-2H3,(H2,15,16,17);1H. The molecule has 1 aromatic rings. The van der Waals surface area contributed by atoms with E-state index in [9.17, 15) is 0 Å². The van der Waals surface area contributed by atoms with Crippen LogP contribution < -0.4 is 10.6 Å². The van der Waals surface area contributed by atoms with Crippen LogP contribution in [0.4, 0.5) is 0 Å². The Kier molecular flexibility index (Phi) is 12.7. The zero-order chi connectivity index (χ0) is 13.8. The molecule has 0 radical (unpaired) electrons. The molecule has 0 aliphatic heterocycles. The lowest BCUT2D eigenvalue weighted by Gasteiger charge is -2.12. The third-order valence-electron chi connectivity index (χ3n) is 2.87. The SMILES string of the molecule is CN=C(NCCCCCOC)NCCn1cccc1.I. The molecule has 1 rings (SSSR count). The van der Waals surface area contributed by atoms with Crippen molar-refractivity contribution < 1.29 is 4.74 Å². The minimum atomic E-state index is 0. The van der Waals surface area contributed by atoms with Gasteiger partial charge in [-0.05, 0) is 31.4 Å². The number of aliphatic imine (C=N–C) groups is 1. The van der Waals surface area contributed by atoms with Crippen LogP contribution in [-0.2, 0) is 11.3 Å². The molecule has 1 aromatic heterocycles. The van der Waals surface area contributed by atoms with Gasteiger partial charge in [-0.2, -0.15) is 0 Å². The molecule has 0 unspecified atom stereocenters. The first kappa shape index (κ1) is 19.2. The van der Waals surface area contributed by atoms with Crippen molar-refractivity contribution in [3.8, 4) is 0 Å². The van der Waals surface area contributed by atoms with Gasteiger partial charge in [-0.25, -0.2) is 0 Å². The molecule has 20 heavy (non-hydrogen) atoms. The van der Waals surface area contributed by atoms with Crippen molar-refractivity contribution in [2.75, 3.05) is 33.9 Å². The maximum atomic E-state index is 5.02. The van der Waals surface area contributed by atoms with Crippen LogP contribution in [0.3, 0.4) is 0 Å². The molecule has 0 aliphatic rings. The number of unbranched alkanes of at least 4 members (excludes halogenated alkanes) is 2. The Hall–Kier alpha value is -0.760. The maximum Gasteiger partial charge on any atom is 0.191 e. The summed E-state index contributed by atoms with van der Waals surface area (Å²) in [4.78, 5) is 4.20. The van der Waals surface area contributed by atoms with Gasteiger partial charge >= 0.3 is 0 Å². The molecule has 0 aliphatic carbocycles. The van der Waals surface area contributed by atoms with Crippen LogP contribution in [-0.4, -0.2) is 44.4 Å². The van der Waals surface area contributed by atoms with Crippen LogP contribution in [0.1, 0.15) is 19.3 Å². The average Bonchev–Trinajstić information content (AvgIpc) is 2.93. The molecular weight excluding hydrogens is 367 g/mol. The quantitative estimate of drug-likeness (QED) is 0.292. The van der Waals surface area contributed by atoms with Crippen LogP contribution in [0.25, 0.3) is 0 Å². The first-order valence-electron chi connectivity index (χ1n) is 6.91. The molecule has 0 bridgehead atoms. The monoisotopic (exact) mass is 394 g/mol. The maximum absolute atomic E-state index is 5.02. The van der Waals surface area contributed by atoms with E-state index < -0.39 is 0 Å². The van der Waals surface area contributed by atoms with E-state index in [0.717, 1.165) is 45.0 Å². The minimum Gasteiger partial charge on any atom is -0.385 e. The van der Waals surface area contributed by atoms with Gasteiger partial charge in [-0.15, -0.1) is 24.0 Å². The largest absolute Gasteiger partial charge is 0.385 e. The third kappa shape index (κ3) is 9.19. The summed E-state index contributed by atoms with van der Waals surface area (Å²) in [6.07, 6.45) is 7.57. The lowest BCUT2D eigenvalue weighted by molar-refractivity contribution is 0.192. The average molecular weight is 394 g/mol. The van der Waals surface area contributed by atoms with Gasteiger partial charge in [0, 0.05) is 52.8 Å².